The van der Waals surface area contributed by atoms with Crippen molar-refractivity contribution in [3.05, 3.63) is 0 Å². The van der Waals surface area contributed by atoms with Crippen LogP contribution in [0, 0.1) is 17.8 Å². The second-order valence-corrected chi connectivity index (χ2v) is 4.46. The number of terminal acetylenes is 1. The molecule has 16 heavy (non-hydrogen) atoms. The van der Waals surface area contributed by atoms with Crippen LogP contribution < -0.4 is 0 Å². The predicted molar refractivity (Wildman–Crippen MR) is 61.8 cm³/mol. The van der Waals surface area contributed by atoms with Gasteiger partial charge in [0.15, 0.2) is 0 Å². The molecule has 90 valence electrons. The van der Waals surface area contributed by atoms with Crippen LogP contribution in [0.15, 0.2) is 0 Å². The van der Waals surface area contributed by atoms with E-state index in [1.807, 2.05) is 0 Å². The number of carbonyl (C=O) groups is 1. The number of esters is 1. The largest absolute Gasteiger partial charge is 0.465 e. The fourth-order valence-corrected chi connectivity index (χ4v) is 1.86. The van der Waals surface area contributed by atoms with Gasteiger partial charge in [0, 0.05) is 12.8 Å². The molecular formula is C13H20O3. The summed E-state index contributed by atoms with van der Waals surface area (Å²) < 4.78 is 10.5. The molecular weight excluding hydrogens is 204 g/mol. The lowest BCUT2D eigenvalue weighted by Gasteiger charge is -2.40. The van der Waals surface area contributed by atoms with Crippen LogP contribution in [0.5, 0.6) is 0 Å². The molecule has 0 aromatic carbocycles. The third kappa shape index (κ3) is 3.86. The molecule has 1 fully saturated rings. The third-order valence-electron chi connectivity index (χ3n) is 2.84. The van der Waals surface area contributed by atoms with Crippen LogP contribution in [-0.2, 0) is 14.3 Å². The van der Waals surface area contributed by atoms with Crippen molar-refractivity contribution in [3.8, 4) is 12.3 Å². The van der Waals surface area contributed by atoms with E-state index >= 15 is 0 Å². The van der Waals surface area contributed by atoms with E-state index in [0.717, 1.165) is 26.1 Å². The normalized spacial score (nSPS) is 17.2. The highest BCUT2D eigenvalue weighted by Crippen LogP contribution is 2.33. The molecule has 3 nitrogen and oxygen atoms in total. The summed E-state index contributed by atoms with van der Waals surface area (Å²) >= 11 is 0. The van der Waals surface area contributed by atoms with Crippen molar-refractivity contribution in [1.29, 1.82) is 0 Å². The van der Waals surface area contributed by atoms with Gasteiger partial charge in [0.25, 0.3) is 0 Å². The second kappa shape index (κ2) is 6.55. The Bertz CT molecular complexity index is 261. The van der Waals surface area contributed by atoms with Crippen LogP contribution in [-0.4, -0.2) is 25.8 Å². The smallest absolute Gasteiger partial charge is 0.305 e. The molecule has 0 radical (unpaired) electrons. The average molecular weight is 224 g/mol. The van der Waals surface area contributed by atoms with Gasteiger partial charge in [-0.1, -0.05) is 13.3 Å². The molecule has 1 aliphatic rings. The Kier molecular flexibility index (Phi) is 5.34. The number of carbonyl (C=O) groups excluding carboxylic acids is 1. The number of ether oxygens (including phenoxy) is 2. The topological polar surface area (TPSA) is 35.5 Å². The summed E-state index contributed by atoms with van der Waals surface area (Å²) in [5.41, 5.74) is 0.0938. The van der Waals surface area contributed by atoms with E-state index in [1.165, 1.54) is 0 Å². The second-order valence-electron chi connectivity index (χ2n) is 4.46. The van der Waals surface area contributed by atoms with E-state index in [9.17, 15) is 4.79 Å². The summed E-state index contributed by atoms with van der Waals surface area (Å²) in [6.07, 6.45) is 9.04. The van der Waals surface area contributed by atoms with Crippen LogP contribution in [0.4, 0.5) is 0 Å². The first-order chi connectivity index (χ1) is 7.72. The van der Waals surface area contributed by atoms with Gasteiger partial charge in [-0.25, -0.2) is 0 Å². The lowest BCUT2D eigenvalue weighted by molar-refractivity contribution is -0.171. The Morgan fingerprint density at radius 2 is 2.31 bits per heavy atom. The van der Waals surface area contributed by atoms with E-state index in [0.29, 0.717) is 25.9 Å². The first-order valence-corrected chi connectivity index (χ1v) is 5.89. The molecule has 0 bridgehead atoms. The molecule has 1 saturated heterocycles. The summed E-state index contributed by atoms with van der Waals surface area (Å²) in [4.78, 5) is 11.4. The van der Waals surface area contributed by atoms with Gasteiger partial charge in [-0.15, -0.1) is 12.3 Å². The Hall–Kier alpha value is -1.01. The first-order valence-electron chi connectivity index (χ1n) is 5.89. The Morgan fingerprint density at radius 3 is 2.81 bits per heavy atom. The van der Waals surface area contributed by atoms with Gasteiger partial charge in [-0.05, 0) is 12.8 Å². The minimum absolute atomic E-state index is 0.0938. The molecule has 0 saturated carbocycles. The standard InChI is InChI=1S/C13H20O3/c1-3-5-6-7-12(14)16-11-13(8-4-2)9-15-10-13/h1H,4-11H2,2H3. The monoisotopic (exact) mass is 224 g/mol. The van der Waals surface area contributed by atoms with Crippen molar-refractivity contribution < 1.29 is 14.3 Å². The van der Waals surface area contributed by atoms with Crippen LogP contribution in [0.1, 0.15) is 39.0 Å². The van der Waals surface area contributed by atoms with Crippen molar-refractivity contribution in [2.24, 2.45) is 5.41 Å². The maximum Gasteiger partial charge on any atom is 0.305 e. The molecule has 0 N–H and O–H groups in total. The van der Waals surface area contributed by atoms with Gasteiger partial charge in [-0.2, -0.15) is 0 Å². The van der Waals surface area contributed by atoms with Gasteiger partial charge in [-0.3, -0.25) is 4.79 Å². The number of hydrogen-bond acceptors (Lipinski definition) is 3. The van der Waals surface area contributed by atoms with Crippen LogP contribution in [0.3, 0.4) is 0 Å². The summed E-state index contributed by atoms with van der Waals surface area (Å²) in [6.45, 7) is 4.07. The van der Waals surface area contributed by atoms with Gasteiger partial charge in [0.1, 0.15) is 6.61 Å². The van der Waals surface area contributed by atoms with Gasteiger partial charge in [0.2, 0.25) is 0 Å². The van der Waals surface area contributed by atoms with Crippen molar-refractivity contribution in [2.75, 3.05) is 19.8 Å². The van der Waals surface area contributed by atoms with Crippen molar-refractivity contribution in [3.63, 3.8) is 0 Å². The van der Waals surface area contributed by atoms with Gasteiger partial charge >= 0.3 is 5.97 Å². The number of hydrogen-bond donors (Lipinski definition) is 0. The van der Waals surface area contributed by atoms with Crippen molar-refractivity contribution in [2.45, 2.75) is 39.0 Å². The average Bonchev–Trinajstić information content (AvgIpc) is 2.22. The summed E-state index contributed by atoms with van der Waals surface area (Å²) in [5, 5.41) is 0. The maximum atomic E-state index is 11.4. The molecule has 0 aromatic rings. The van der Waals surface area contributed by atoms with E-state index in [1.54, 1.807) is 0 Å². The van der Waals surface area contributed by atoms with Crippen molar-refractivity contribution >= 4 is 5.97 Å². The Labute approximate surface area is 97.5 Å². The SMILES string of the molecule is C#CCCCC(=O)OCC1(CCC)COC1. The van der Waals surface area contributed by atoms with E-state index in [-0.39, 0.29) is 11.4 Å². The van der Waals surface area contributed by atoms with E-state index < -0.39 is 0 Å². The first kappa shape index (κ1) is 13.1. The predicted octanol–water partition coefficient (Wildman–Crippen LogP) is 2.15. The molecule has 0 unspecified atom stereocenters. The van der Waals surface area contributed by atoms with Gasteiger partial charge in [0.05, 0.1) is 18.6 Å². The fourth-order valence-electron chi connectivity index (χ4n) is 1.86. The van der Waals surface area contributed by atoms with Gasteiger partial charge < -0.3 is 9.47 Å². The molecule has 0 aromatic heterocycles. The molecule has 1 heterocycles. The zero-order valence-electron chi connectivity index (χ0n) is 9.96. The third-order valence-corrected chi connectivity index (χ3v) is 2.84. The molecule has 1 rings (SSSR count). The lowest BCUT2D eigenvalue weighted by Crippen LogP contribution is -2.46. The highest BCUT2D eigenvalue weighted by atomic mass is 16.5. The molecule has 1 aliphatic heterocycles. The molecule has 0 amide bonds. The van der Waals surface area contributed by atoms with E-state index in [4.69, 9.17) is 15.9 Å². The van der Waals surface area contributed by atoms with Crippen LogP contribution >= 0.6 is 0 Å². The van der Waals surface area contributed by atoms with Crippen LogP contribution in [0.2, 0.25) is 0 Å². The summed E-state index contributed by atoms with van der Waals surface area (Å²) in [7, 11) is 0. The van der Waals surface area contributed by atoms with Crippen LogP contribution in [0.25, 0.3) is 0 Å². The Balaban J connectivity index is 2.17. The number of unbranched alkanes of at least 4 members (excludes halogenated alkanes) is 1. The molecule has 3 heteroatoms. The summed E-state index contributed by atoms with van der Waals surface area (Å²) in [5.74, 6) is 2.37. The molecule has 0 atom stereocenters. The zero-order valence-corrected chi connectivity index (χ0v) is 9.96. The number of rotatable bonds is 7. The Morgan fingerprint density at radius 1 is 1.56 bits per heavy atom. The van der Waals surface area contributed by atoms with E-state index in [2.05, 4.69) is 12.8 Å². The minimum Gasteiger partial charge on any atom is -0.465 e. The molecule has 0 spiro atoms. The lowest BCUT2D eigenvalue weighted by atomic mass is 9.82. The fraction of sp³-hybridized carbons (Fsp3) is 0.769. The maximum absolute atomic E-state index is 11.4. The summed E-state index contributed by atoms with van der Waals surface area (Å²) in [6, 6.07) is 0. The minimum atomic E-state index is -0.141. The zero-order chi connectivity index (χ0) is 11.9. The highest BCUT2D eigenvalue weighted by Gasteiger charge is 2.38. The molecule has 0 aliphatic carbocycles. The quantitative estimate of drug-likeness (QED) is 0.377. The highest BCUT2D eigenvalue weighted by molar-refractivity contribution is 5.69. The van der Waals surface area contributed by atoms with Crippen molar-refractivity contribution in [1.82, 2.24) is 0 Å².